The molecule has 2 rings (SSSR count). The molecular weight excluding hydrogens is 260 g/mol. The number of ether oxygens (including phenoxy) is 2. The van der Waals surface area contributed by atoms with Crippen molar-refractivity contribution >= 4 is 22.8 Å². The van der Waals surface area contributed by atoms with Gasteiger partial charge in [-0.05, 0) is 24.3 Å². The summed E-state index contributed by atoms with van der Waals surface area (Å²) >= 11 is 0. The van der Waals surface area contributed by atoms with Gasteiger partial charge in [0, 0.05) is 11.6 Å². The number of aromatic nitrogens is 1. The Balaban J connectivity index is 1.89. The number of nitrogens with zero attached hydrogens (tertiary/aromatic N) is 1. The number of hydrogen-bond donors (Lipinski definition) is 1. The monoisotopic (exact) mass is 274 g/mol. The van der Waals surface area contributed by atoms with Crippen LogP contribution in [-0.2, 0) is 14.3 Å². The van der Waals surface area contributed by atoms with Gasteiger partial charge in [-0.2, -0.15) is 0 Å². The van der Waals surface area contributed by atoms with Crippen molar-refractivity contribution in [3.05, 3.63) is 36.5 Å². The third-order valence-corrected chi connectivity index (χ3v) is 2.60. The minimum absolute atomic E-state index is 0.164. The van der Waals surface area contributed by atoms with Crippen LogP contribution >= 0.6 is 0 Å². The number of fused-ring (bicyclic) bond motifs is 1. The summed E-state index contributed by atoms with van der Waals surface area (Å²) in [5, 5.41) is 3.32. The van der Waals surface area contributed by atoms with Gasteiger partial charge >= 0.3 is 5.97 Å². The van der Waals surface area contributed by atoms with Crippen molar-refractivity contribution in [3.8, 4) is 5.75 Å². The molecule has 0 aliphatic carbocycles. The quantitative estimate of drug-likeness (QED) is 0.820. The predicted octanol–water partition coefficient (Wildman–Crippen LogP) is 0.903. The molecule has 104 valence electrons. The van der Waals surface area contributed by atoms with Gasteiger partial charge in [0.15, 0.2) is 6.61 Å². The lowest BCUT2D eigenvalue weighted by Crippen LogP contribution is -2.33. The number of amides is 1. The average Bonchev–Trinajstić information content (AvgIpc) is 2.50. The number of carbonyl (C=O) groups excluding carboxylic acids is 2. The number of pyridine rings is 1. The van der Waals surface area contributed by atoms with Crippen molar-refractivity contribution < 1.29 is 19.1 Å². The Morgan fingerprint density at radius 3 is 2.95 bits per heavy atom. The van der Waals surface area contributed by atoms with Crippen LogP contribution in [0.3, 0.4) is 0 Å². The van der Waals surface area contributed by atoms with E-state index in [-0.39, 0.29) is 19.1 Å². The van der Waals surface area contributed by atoms with E-state index in [0.717, 1.165) is 10.9 Å². The molecule has 0 bridgehead atoms. The van der Waals surface area contributed by atoms with Crippen molar-refractivity contribution in [1.82, 2.24) is 10.3 Å². The van der Waals surface area contributed by atoms with Crippen LogP contribution in [0.4, 0.5) is 0 Å². The first kappa shape index (κ1) is 13.8. The van der Waals surface area contributed by atoms with E-state index in [1.165, 1.54) is 7.11 Å². The second kappa shape index (κ2) is 6.51. The van der Waals surface area contributed by atoms with Gasteiger partial charge in [-0.3, -0.25) is 14.6 Å². The van der Waals surface area contributed by atoms with Crippen LogP contribution in [0.25, 0.3) is 10.9 Å². The van der Waals surface area contributed by atoms with Crippen LogP contribution in [0.1, 0.15) is 0 Å². The SMILES string of the molecule is COC(=O)CNC(=O)COc1ccc2ncccc2c1. The molecule has 0 saturated heterocycles. The number of benzene rings is 1. The summed E-state index contributed by atoms with van der Waals surface area (Å²) in [4.78, 5) is 26.5. The molecule has 0 unspecified atom stereocenters. The standard InChI is InChI=1S/C14H14N2O4/c1-19-14(18)8-16-13(17)9-20-11-4-5-12-10(7-11)3-2-6-15-12/h2-7H,8-9H2,1H3,(H,16,17). The maximum atomic E-state index is 11.4. The van der Waals surface area contributed by atoms with Crippen molar-refractivity contribution in [3.63, 3.8) is 0 Å². The minimum atomic E-state index is -0.505. The first-order valence-electron chi connectivity index (χ1n) is 6.00. The van der Waals surface area contributed by atoms with Crippen LogP contribution in [0.15, 0.2) is 36.5 Å². The van der Waals surface area contributed by atoms with E-state index in [1.807, 2.05) is 18.2 Å². The van der Waals surface area contributed by atoms with E-state index in [4.69, 9.17) is 4.74 Å². The summed E-state index contributed by atoms with van der Waals surface area (Å²) in [6.07, 6.45) is 1.71. The van der Waals surface area contributed by atoms with Gasteiger partial charge < -0.3 is 14.8 Å². The van der Waals surface area contributed by atoms with Crippen LogP contribution in [0.5, 0.6) is 5.75 Å². The Morgan fingerprint density at radius 1 is 1.30 bits per heavy atom. The summed E-state index contributed by atoms with van der Waals surface area (Å²) in [6, 6.07) is 9.09. The number of esters is 1. The number of nitrogens with one attached hydrogen (secondary N) is 1. The molecule has 1 aromatic heterocycles. The zero-order valence-electron chi connectivity index (χ0n) is 11.0. The van der Waals surface area contributed by atoms with E-state index in [0.29, 0.717) is 5.75 Å². The largest absolute Gasteiger partial charge is 0.484 e. The minimum Gasteiger partial charge on any atom is -0.484 e. The van der Waals surface area contributed by atoms with Gasteiger partial charge in [-0.15, -0.1) is 0 Å². The molecule has 0 saturated carbocycles. The topological polar surface area (TPSA) is 77.5 Å². The summed E-state index contributed by atoms with van der Waals surface area (Å²) in [5.74, 6) is -0.324. The molecule has 6 nitrogen and oxygen atoms in total. The summed E-state index contributed by atoms with van der Waals surface area (Å²) in [7, 11) is 1.26. The lowest BCUT2D eigenvalue weighted by molar-refractivity contribution is -0.141. The average molecular weight is 274 g/mol. The van der Waals surface area contributed by atoms with Crippen molar-refractivity contribution in [2.75, 3.05) is 20.3 Å². The normalized spacial score (nSPS) is 10.1. The molecule has 6 heteroatoms. The fourth-order valence-corrected chi connectivity index (χ4v) is 1.59. The van der Waals surface area contributed by atoms with Crippen molar-refractivity contribution in [1.29, 1.82) is 0 Å². The van der Waals surface area contributed by atoms with E-state index in [1.54, 1.807) is 18.3 Å². The van der Waals surface area contributed by atoms with E-state index in [2.05, 4.69) is 15.0 Å². The summed E-state index contributed by atoms with van der Waals surface area (Å²) in [6.45, 7) is -0.330. The van der Waals surface area contributed by atoms with Gasteiger partial charge in [0.2, 0.25) is 0 Å². The van der Waals surface area contributed by atoms with E-state index < -0.39 is 5.97 Å². The third-order valence-electron chi connectivity index (χ3n) is 2.60. The molecule has 2 aromatic rings. The molecule has 0 radical (unpaired) electrons. The lowest BCUT2D eigenvalue weighted by atomic mass is 10.2. The molecule has 0 fully saturated rings. The zero-order chi connectivity index (χ0) is 14.4. The maximum absolute atomic E-state index is 11.4. The Labute approximate surface area is 115 Å². The van der Waals surface area contributed by atoms with Gasteiger partial charge in [0.1, 0.15) is 12.3 Å². The van der Waals surface area contributed by atoms with Gasteiger partial charge in [0.25, 0.3) is 5.91 Å². The molecule has 0 atom stereocenters. The zero-order valence-corrected chi connectivity index (χ0v) is 11.0. The molecule has 1 amide bonds. The van der Waals surface area contributed by atoms with Gasteiger partial charge in [-0.1, -0.05) is 6.07 Å². The third kappa shape index (κ3) is 3.68. The molecule has 0 aliphatic heterocycles. The smallest absolute Gasteiger partial charge is 0.325 e. The van der Waals surface area contributed by atoms with Crippen molar-refractivity contribution in [2.45, 2.75) is 0 Å². The molecule has 0 spiro atoms. The fourth-order valence-electron chi connectivity index (χ4n) is 1.59. The second-order valence-electron chi connectivity index (χ2n) is 4.00. The Hall–Kier alpha value is -2.63. The van der Waals surface area contributed by atoms with E-state index in [9.17, 15) is 9.59 Å². The van der Waals surface area contributed by atoms with Gasteiger partial charge in [0.05, 0.1) is 12.6 Å². The molecule has 20 heavy (non-hydrogen) atoms. The van der Waals surface area contributed by atoms with Crippen LogP contribution in [0.2, 0.25) is 0 Å². The van der Waals surface area contributed by atoms with Gasteiger partial charge in [-0.25, -0.2) is 0 Å². The number of rotatable bonds is 5. The highest BCUT2D eigenvalue weighted by Gasteiger charge is 2.06. The molecule has 1 aromatic carbocycles. The Morgan fingerprint density at radius 2 is 2.15 bits per heavy atom. The lowest BCUT2D eigenvalue weighted by Gasteiger charge is -2.07. The maximum Gasteiger partial charge on any atom is 0.325 e. The Kier molecular flexibility index (Phi) is 4.49. The Bertz CT molecular complexity index is 627. The molecule has 1 N–H and O–H groups in total. The first-order valence-corrected chi connectivity index (χ1v) is 6.00. The van der Waals surface area contributed by atoms with Crippen LogP contribution in [-0.4, -0.2) is 37.1 Å². The number of hydrogen-bond acceptors (Lipinski definition) is 5. The van der Waals surface area contributed by atoms with E-state index >= 15 is 0 Å². The van der Waals surface area contributed by atoms with Crippen LogP contribution < -0.4 is 10.1 Å². The molecule has 0 aliphatic rings. The molecule has 1 heterocycles. The van der Waals surface area contributed by atoms with Crippen LogP contribution in [0, 0.1) is 0 Å². The molecular formula is C14H14N2O4. The summed E-state index contributed by atoms with van der Waals surface area (Å²) < 4.78 is 9.76. The highest BCUT2D eigenvalue weighted by atomic mass is 16.5. The fraction of sp³-hybridized carbons (Fsp3) is 0.214. The summed E-state index contributed by atoms with van der Waals surface area (Å²) in [5.41, 5.74) is 0.856. The number of methoxy groups -OCH3 is 1. The highest BCUT2D eigenvalue weighted by Crippen LogP contribution is 2.18. The first-order chi connectivity index (χ1) is 9.69. The number of carbonyl (C=O) groups is 2. The van der Waals surface area contributed by atoms with Crippen molar-refractivity contribution in [2.24, 2.45) is 0 Å². The predicted molar refractivity (Wildman–Crippen MR) is 72.3 cm³/mol. The second-order valence-corrected chi connectivity index (χ2v) is 4.00. The highest BCUT2D eigenvalue weighted by molar-refractivity contribution is 5.83.